The van der Waals surface area contributed by atoms with E-state index in [4.69, 9.17) is 9.47 Å². The van der Waals surface area contributed by atoms with E-state index >= 15 is 0 Å². The lowest BCUT2D eigenvalue weighted by molar-refractivity contribution is -0.118. The number of nitrogens with one attached hydrogen (secondary N) is 1. The van der Waals surface area contributed by atoms with E-state index in [2.05, 4.69) is 5.32 Å². The summed E-state index contributed by atoms with van der Waals surface area (Å²) in [5.74, 6) is 0.621. The summed E-state index contributed by atoms with van der Waals surface area (Å²) in [4.78, 5) is 12.3. The highest BCUT2D eigenvalue weighted by molar-refractivity contribution is 7.89. The van der Waals surface area contributed by atoms with Gasteiger partial charge in [0, 0.05) is 19.3 Å². The maximum atomic E-state index is 12.8. The molecule has 8 heteroatoms. The number of hydrogen-bond acceptors (Lipinski definition) is 5. The Bertz CT molecular complexity index is 1120. The summed E-state index contributed by atoms with van der Waals surface area (Å²) in [5, 5.41) is 2.68. The number of rotatable bonds is 9. The van der Waals surface area contributed by atoms with Crippen molar-refractivity contribution in [2.24, 2.45) is 0 Å². The van der Waals surface area contributed by atoms with Crippen molar-refractivity contribution in [3.63, 3.8) is 0 Å². The van der Waals surface area contributed by atoms with Crippen LogP contribution in [0.25, 0.3) is 0 Å². The molecule has 0 aliphatic carbocycles. The molecular formula is C23H24N2O5S. The Balaban J connectivity index is 1.59. The van der Waals surface area contributed by atoms with Crippen LogP contribution in [0.4, 0.5) is 5.69 Å². The molecule has 1 amide bonds. The zero-order valence-corrected chi connectivity index (χ0v) is 18.1. The summed E-state index contributed by atoms with van der Waals surface area (Å²) in [6, 6.07) is 22.4. The smallest absolute Gasteiger partial charge is 0.262 e. The predicted octanol–water partition coefficient (Wildman–Crippen LogP) is 3.53. The summed E-state index contributed by atoms with van der Waals surface area (Å²) >= 11 is 0. The fourth-order valence-corrected chi connectivity index (χ4v) is 4.05. The number of ether oxygens (including phenoxy) is 2. The van der Waals surface area contributed by atoms with Gasteiger partial charge in [0.25, 0.3) is 5.91 Å². The van der Waals surface area contributed by atoms with Gasteiger partial charge in [-0.05, 0) is 42.0 Å². The minimum atomic E-state index is -3.65. The highest BCUT2D eigenvalue weighted by atomic mass is 32.2. The second kappa shape index (κ2) is 10.1. The van der Waals surface area contributed by atoms with Crippen LogP contribution in [0.15, 0.2) is 83.8 Å². The van der Waals surface area contributed by atoms with E-state index in [9.17, 15) is 13.2 Å². The molecule has 3 aromatic carbocycles. The van der Waals surface area contributed by atoms with Gasteiger partial charge in [0.05, 0.1) is 12.0 Å². The summed E-state index contributed by atoms with van der Waals surface area (Å²) < 4.78 is 37.6. The number of carbonyl (C=O) groups is 1. The maximum Gasteiger partial charge on any atom is 0.262 e. The molecule has 31 heavy (non-hydrogen) atoms. The summed E-state index contributed by atoms with van der Waals surface area (Å²) in [6.45, 7) is 0.0577. The number of anilines is 1. The molecule has 0 radical (unpaired) electrons. The number of carbonyl (C=O) groups excluding carboxylic acids is 1. The molecule has 0 spiro atoms. The van der Waals surface area contributed by atoms with E-state index in [0.717, 1.165) is 5.56 Å². The minimum absolute atomic E-state index is 0.147. The number of methoxy groups -OCH3 is 1. The molecule has 0 bridgehead atoms. The number of hydrogen-bond donors (Lipinski definition) is 1. The summed E-state index contributed by atoms with van der Waals surface area (Å²) in [6.07, 6.45) is 0. The van der Waals surface area contributed by atoms with Crippen LogP contribution in [-0.2, 0) is 21.4 Å². The zero-order valence-electron chi connectivity index (χ0n) is 17.3. The molecule has 0 aliphatic rings. The quantitative estimate of drug-likeness (QED) is 0.550. The molecule has 0 unspecified atom stereocenters. The van der Waals surface area contributed by atoms with E-state index in [-0.39, 0.29) is 24.0 Å². The van der Waals surface area contributed by atoms with Gasteiger partial charge in [0.1, 0.15) is 0 Å². The van der Waals surface area contributed by atoms with Gasteiger partial charge in [-0.1, -0.05) is 42.5 Å². The molecule has 3 aromatic rings. The van der Waals surface area contributed by atoms with E-state index in [1.165, 1.54) is 30.6 Å². The number of nitrogens with zero attached hydrogens (tertiary/aromatic N) is 1. The first-order valence-electron chi connectivity index (χ1n) is 9.56. The largest absolute Gasteiger partial charge is 0.493 e. The molecule has 0 heterocycles. The first-order valence-corrected chi connectivity index (χ1v) is 11.0. The molecule has 0 aromatic heterocycles. The standard InChI is InChI=1S/C23H24N2O5S/c1-25(16-18-8-4-3-5-9-18)31(27,28)20-14-12-19(13-15-20)24-23(26)17-30-22-11-7-6-10-21(22)29-2/h3-15H,16-17H2,1-2H3,(H,24,26). The first-order chi connectivity index (χ1) is 14.9. The van der Waals surface area contributed by atoms with Crippen LogP contribution in [0.2, 0.25) is 0 Å². The van der Waals surface area contributed by atoms with Crippen LogP contribution in [0.5, 0.6) is 11.5 Å². The molecule has 7 nitrogen and oxygen atoms in total. The number of sulfonamides is 1. The Morgan fingerprint density at radius 1 is 0.903 bits per heavy atom. The molecule has 0 fully saturated rings. The second-order valence-corrected chi connectivity index (χ2v) is 8.80. The SMILES string of the molecule is COc1ccccc1OCC(=O)Nc1ccc(S(=O)(=O)N(C)Cc2ccccc2)cc1. The highest BCUT2D eigenvalue weighted by Gasteiger charge is 2.21. The predicted molar refractivity (Wildman–Crippen MR) is 119 cm³/mol. The summed E-state index contributed by atoms with van der Waals surface area (Å²) in [5.41, 5.74) is 1.37. The van der Waals surface area contributed by atoms with Crippen molar-refractivity contribution in [1.82, 2.24) is 4.31 Å². The van der Waals surface area contributed by atoms with Gasteiger partial charge in [-0.25, -0.2) is 8.42 Å². The van der Waals surface area contributed by atoms with Crippen LogP contribution in [0, 0.1) is 0 Å². The zero-order chi connectivity index (χ0) is 22.3. The average molecular weight is 441 g/mol. The van der Waals surface area contributed by atoms with Gasteiger partial charge in [0.2, 0.25) is 10.0 Å². The van der Waals surface area contributed by atoms with Crippen molar-refractivity contribution < 1.29 is 22.7 Å². The van der Waals surface area contributed by atoms with Crippen LogP contribution >= 0.6 is 0 Å². The fourth-order valence-electron chi connectivity index (χ4n) is 2.89. The Hall–Kier alpha value is -3.36. The van der Waals surface area contributed by atoms with Gasteiger partial charge in [-0.15, -0.1) is 0 Å². The van der Waals surface area contributed by atoms with Gasteiger partial charge in [-0.2, -0.15) is 4.31 Å². The number of amides is 1. The molecule has 1 N–H and O–H groups in total. The van der Waals surface area contributed by atoms with Crippen LogP contribution < -0.4 is 14.8 Å². The Labute approximate surface area is 182 Å². The topological polar surface area (TPSA) is 84.9 Å². The molecule has 162 valence electrons. The van der Waals surface area contributed by atoms with Crippen molar-refractivity contribution in [3.8, 4) is 11.5 Å². The molecule has 0 atom stereocenters. The molecule has 0 saturated heterocycles. The normalized spacial score (nSPS) is 11.2. The average Bonchev–Trinajstić information content (AvgIpc) is 2.79. The number of para-hydroxylation sites is 2. The third kappa shape index (κ3) is 5.84. The van der Waals surface area contributed by atoms with Crippen molar-refractivity contribution in [1.29, 1.82) is 0 Å². The van der Waals surface area contributed by atoms with E-state index < -0.39 is 10.0 Å². The Morgan fingerprint density at radius 2 is 1.52 bits per heavy atom. The third-order valence-corrected chi connectivity index (χ3v) is 6.34. The van der Waals surface area contributed by atoms with Crippen molar-refractivity contribution in [2.75, 3.05) is 26.1 Å². The number of benzene rings is 3. The monoisotopic (exact) mass is 440 g/mol. The lowest BCUT2D eigenvalue weighted by atomic mass is 10.2. The second-order valence-electron chi connectivity index (χ2n) is 6.76. The molecule has 0 saturated carbocycles. The van der Waals surface area contributed by atoms with Crippen molar-refractivity contribution in [2.45, 2.75) is 11.4 Å². The van der Waals surface area contributed by atoms with Gasteiger partial charge < -0.3 is 14.8 Å². The van der Waals surface area contributed by atoms with Crippen LogP contribution in [0.1, 0.15) is 5.56 Å². The Morgan fingerprint density at radius 3 is 2.16 bits per heavy atom. The van der Waals surface area contributed by atoms with Crippen LogP contribution in [0.3, 0.4) is 0 Å². The summed E-state index contributed by atoms with van der Waals surface area (Å²) in [7, 11) is -0.596. The maximum absolute atomic E-state index is 12.8. The van der Waals surface area contributed by atoms with E-state index in [1.54, 1.807) is 36.4 Å². The molecular weight excluding hydrogens is 416 g/mol. The molecule has 0 aliphatic heterocycles. The highest BCUT2D eigenvalue weighted by Crippen LogP contribution is 2.25. The molecule has 3 rings (SSSR count). The van der Waals surface area contributed by atoms with Gasteiger partial charge in [0.15, 0.2) is 18.1 Å². The third-order valence-electron chi connectivity index (χ3n) is 4.52. The van der Waals surface area contributed by atoms with Crippen LogP contribution in [-0.4, -0.2) is 39.4 Å². The Kier molecular flexibility index (Phi) is 7.28. The van der Waals surface area contributed by atoms with Crippen molar-refractivity contribution in [3.05, 3.63) is 84.4 Å². The van der Waals surface area contributed by atoms with Gasteiger partial charge >= 0.3 is 0 Å². The van der Waals surface area contributed by atoms with E-state index in [0.29, 0.717) is 17.2 Å². The first kappa shape index (κ1) is 22.3. The lowest BCUT2D eigenvalue weighted by Crippen LogP contribution is -2.26. The van der Waals surface area contributed by atoms with Gasteiger partial charge in [-0.3, -0.25) is 4.79 Å². The lowest BCUT2D eigenvalue weighted by Gasteiger charge is -2.17. The fraction of sp³-hybridized carbons (Fsp3) is 0.174. The van der Waals surface area contributed by atoms with Crippen molar-refractivity contribution >= 4 is 21.6 Å². The minimum Gasteiger partial charge on any atom is -0.493 e. The van der Waals surface area contributed by atoms with E-state index in [1.807, 2.05) is 30.3 Å².